The molecule has 10 unspecified atom stereocenters. The maximum atomic E-state index is 14.9. The summed E-state index contributed by atoms with van der Waals surface area (Å²) in [5, 5.41) is 79.8. The molecule has 62 heavy (non-hydrogen) atoms. The van der Waals surface area contributed by atoms with Crippen molar-refractivity contribution in [3.8, 4) is 11.5 Å². The Morgan fingerprint density at radius 3 is 2.52 bits per heavy atom. The summed E-state index contributed by atoms with van der Waals surface area (Å²) in [4.78, 5) is 37.9. The van der Waals surface area contributed by atoms with Crippen molar-refractivity contribution in [1.82, 2.24) is 9.97 Å². The summed E-state index contributed by atoms with van der Waals surface area (Å²) < 4.78 is 14.3. The van der Waals surface area contributed by atoms with Crippen LogP contribution < -0.4 is 10.1 Å². The third-order valence-corrected chi connectivity index (χ3v) is 17.4. The normalized spacial score (nSPS) is 38.1. The fraction of sp³-hybridized carbons (Fsp3) is 0.490. The summed E-state index contributed by atoms with van der Waals surface area (Å²) >= 11 is 0. The molecule has 10 atom stereocenters. The maximum Gasteiger partial charge on any atom is 0.261 e. The topological polar surface area (TPSA) is 215 Å². The molecule has 14 rings (SSSR count). The van der Waals surface area contributed by atoms with E-state index in [4.69, 9.17) is 14.5 Å². The first-order valence-electron chi connectivity index (χ1n) is 22.4. The van der Waals surface area contributed by atoms with Gasteiger partial charge in [-0.15, -0.1) is 0 Å². The fourth-order valence-corrected chi connectivity index (χ4v) is 15.0. The summed E-state index contributed by atoms with van der Waals surface area (Å²) in [7, 11) is 0. The van der Waals surface area contributed by atoms with Crippen molar-refractivity contribution in [2.75, 3.05) is 11.9 Å². The molecule has 4 aliphatic heterocycles. The second kappa shape index (κ2) is 12.0. The van der Waals surface area contributed by atoms with Gasteiger partial charge in [0.25, 0.3) is 5.79 Å². The Labute approximate surface area is 356 Å². The van der Waals surface area contributed by atoms with Gasteiger partial charge in [-0.1, -0.05) is 24.8 Å². The van der Waals surface area contributed by atoms with Gasteiger partial charge in [0.05, 0.1) is 23.3 Å². The van der Waals surface area contributed by atoms with Crippen molar-refractivity contribution in [1.29, 1.82) is 0 Å². The number of ether oxygens (including phenoxy) is 2. The Morgan fingerprint density at radius 1 is 0.871 bits per heavy atom. The summed E-state index contributed by atoms with van der Waals surface area (Å²) in [6.45, 7) is 1.76. The minimum absolute atomic E-state index is 0.00857. The number of ketones is 2. The number of nitrogens with zero attached hydrogens (tertiary/aromatic N) is 1. The van der Waals surface area contributed by atoms with Crippen LogP contribution in [-0.2, 0) is 4.74 Å². The number of phenols is 1. The van der Waals surface area contributed by atoms with Crippen LogP contribution in [0.4, 0.5) is 5.82 Å². The van der Waals surface area contributed by atoms with E-state index in [1.165, 1.54) is 12.1 Å². The number of hydrogen-bond acceptors (Lipinski definition) is 12. The first kappa shape index (κ1) is 37.6. The van der Waals surface area contributed by atoms with Gasteiger partial charge in [0.2, 0.25) is 5.78 Å². The van der Waals surface area contributed by atoms with Crippen LogP contribution in [0.15, 0.2) is 59.9 Å². The van der Waals surface area contributed by atoms with Crippen LogP contribution in [0.2, 0.25) is 0 Å². The molecule has 10 aliphatic rings. The molecule has 13 heteroatoms. The van der Waals surface area contributed by atoms with Crippen LogP contribution in [0.1, 0.15) is 125 Å². The Balaban J connectivity index is 1.15. The number of aliphatic hydroxyl groups excluding tert-OH is 5. The molecule has 3 saturated carbocycles. The van der Waals surface area contributed by atoms with E-state index in [1.54, 1.807) is 31.3 Å². The van der Waals surface area contributed by atoms with Crippen LogP contribution in [0, 0.1) is 23.2 Å². The van der Waals surface area contributed by atoms with Gasteiger partial charge in [-0.2, -0.15) is 0 Å². The Hall–Kier alpha value is -4.89. The second-order valence-electron chi connectivity index (χ2n) is 20.3. The van der Waals surface area contributed by atoms with Crippen LogP contribution in [0.3, 0.4) is 0 Å². The van der Waals surface area contributed by atoms with Gasteiger partial charge in [-0.3, -0.25) is 9.59 Å². The van der Waals surface area contributed by atoms with Crippen LogP contribution in [-0.4, -0.2) is 101 Å². The number of phenolic OH excluding ortho intramolecular Hbond substituents is 1. The number of aromatic amines is 1. The summed E-state index contributed by atoms with van der Waals surface area (Å²) in [6, 6.07) is 8.18. The van der Waals surface area contributed by atoms with E-state index in [0.717, 1.165) is 56.1 Å². The number of nitrogens with one attached hydrogen (secondary N) is 2. The van der Waals surface area contributed by atoms with Gasteiger partial charge in [-0.25, -0.2) is 4.98 Å². The molecule has 0 amide bonds. The highest BCUT2D eigenvalue weighted by Crippen LogP contribution is 2.73. The molecule has 5 spiro atoms. The van der Waals surface area contributed by atoms with Crippen molar-refractivity contribution in [2.45, 2.75) is 125 Å². The smallest absolute Gasteiger partial charge is 0.261 e. The van der Waals surface area contributed by atoms with Crippen LogP contribution >= 0.6 is 0 Å². The number of aromatic hydroxyl groups is 1. The van der Waals surface area contributed by atoms with Crippen molar-refractivity contribution in [3.05, 3.63) is 99.0 Å². The van der Waals surface area contributed by atoms with Crippen molar-refractivity contribution < 1.29 is 49.7 Å². The lowest BCUT2D eigenvalue weighted by Gasteiger charge is -2.64. The number of benzene rings is 2. The maximum absolute atomic E-state index is 14.9. The summed E-state index contributed by atoms with van der Waals surface area (Å²) in [5.74, 6) is -4.06. The van der Waals surface area contributed by atoms with E-state index in [-0.39, 0.29) is 51.6 Å². The standard InChI is InChI=1S/C49H49N3O10/c1-22-15-26-33(30(53)16-22)39(56)35-31-17-25-23(34(35)38(26)55)6-14-51-43(25)52-20-32(54)47-10-4-5-28(47)24-7-13-50-37(24)27-18-48(61-31)41(58)40(57)42(59)49(62-48)36(27)29(47)19-46(44(49)60)12-11-45(21-46)8-2-3-9-45/h6-7,13-18,28,32,40-42,44,50,53-54,57-60H,2-5,8-12,19-21H2,1H3,(H,51,52). The number of H-pyrrole nitrogens is 1. The van der Waals surface area contributed by atoms with Crippen molar-refractivity contribution in [2.24, 2.45) is 16.2 Å². The Morgan fingerprint density at radius 2 is 1.69 bits per heavy atom. The fourth-order valence-electron chi connectivity index (χ4n) is 15.0. The predicted octanol–water partition coefficient (Wildman–Crippen LogP) is 5.22. The quantitative estimate of drug-likeness (QED) is 0.101. The molecule has 13 nitrogen and oxygen atoms in total. The molecule has 4 aromatic rings. The minimum atomic E-state index is -2.38. The molecular weight excluding hydrogens is 791 g/mol. The summed E-state index contributed by atoms with van der Waals surface area (Å²) in [5.41, 5.74) is -0.144. The first-order chi connectivity index (χ1) is 29.8. The van der Waals surface area contributed by atoms with Crippen molar-refractivity contribution >= 4 is 33.7 Å². The van der Waals surface area contributed by atoms with Crippen molar-refractivity contribution in [3.63, 3.8) is 0 Å². The van der Waals surface area contributed by atoms with E-state index in [1.807, 2.05) is 12.3 Å². The number of aromatic nitrogens is 2. The second-order valence-corrected chi connectivity index (χ2v) is 20.3. The number of carbonyl (C=O) groups excluding carboxylic acids is 2. The highest BCUT2D eigenvalue weighted by molar-refractivity contribution is 6.34. The number of hydrogen-bond donors (Lipinski definition) is 8. The van der Waals surface area contributed by atoms with Crippen LogP contribution in [0.5, 0.6) is 11.5 Å². The minimum Gasteiger partial charge on any atom is -0.507 e. The molecule has 6 aliphatic carbocycles. The number of carbonyl (C=O) groups is 2. The zero-order valence-corrected chi connectivity index (χ0v) is 34.3. The predicted molar refractivity (Wildman–Crippen MR) is 224 cm³/mol. The van der Waals surface area contributed by atoms with E-state index in [2.05, 4.69) is 10.3 Å². The molecule has 2 aromatic carbocycles. The van der Waals surface area contributed by atoms with Gasteiger partial charge >= 0.3 is 0 Å². The lowest BCUT2D eigenvalue weighted by atomic mass is 9.51. The van der Waals surface area contributed by atoms with Gasteiger partial charge in [0.1, 0.15) is 29.5 Å². The number of rotatable bonds is 0. The number of pyridine rings is 1. The highest BCUT2D eigenvalue weighted by atomic mass is 16.7. The Bertz CT molecular complexity index is 2800. The van der Waals surface area contributed by atoms with Crippen LogP contribution in [0.25, 0.3) is 16.3 Å². The summed E-state index contributed by atoms with van der Waals surface area (Å²) in [6.07, 6.45) is 5.82. The molecule has 320 valence electrons. The van der Waals surface area contributed by atoms with Gasteiger partial charge < -0.3 is 50.4 Å². The van der Waals surface area contributed by atoms with Gasteiger partial charge in [0, 0.05) is 57.5 Å². The number of anilines is 1. The lowest BCUT2D eigenvalue weighted by Crippen LogP contribution is -2.78. The third-order valence-electron chi connectivity index (χ3n) is 17.4. The Kier molecular flexibility index (Phi) is 7.29. The third kappa shape index (κ3) is 4.28. The average Bonchev–Trinajstić information content (AvgIpc) is 4.08. The molecule has 8 bridgehead atoms. The number of aliphatic hydroxyl groups is 5. The molecule has 8 N–H and O–H groups in total. The SMILES string of the molecule is Cc1cc(O)c2c(c1)C(=O)c1c(c3cc4c(nccc14)NCC(O)C14CCCC1c1cc[nH]c1C1=CC5(O3)OC3(C1=C4CC1(CCC4(CCCC4)C1)C3O)C(O)C(O)C5O)C2=O. The van der Waals surface area contributed by atoms with E-state index in [0.29, 0.717) is 64.7 Å². The van der Waals surface area contributed by atoms with Gasteiger partial charge in [0.15, 0.2) is 17.5 Å². The number of fused-ring (bicyclic) bond motifs is 7. The zero-order chi connectivity index (χ0) is 42.5. The molecule has 6 heterocycles. The average molecular weight is 840 g/mol. The van der Waals surface area contributed by atoms with E-state index >= 15 is 0 Å². The molecular formula is C49H49N3O10. The molecule has 0 radical (unpaired) electrons. The van der Waals surface area contributed by atoms with Gasteiger partial charge in [-0.05, 0) is 128 Å². The van der Waals surface area contributed by atoms with E-state index < -0.39 is 64.3 Å². The zero-order valence-electron chi connectivity index (χ0n) is 34.3. The molecule has 1 saturated heterocycles. The highest BCUT2D eigenvalue weighted by Gasteiger charge is 2.76. The molecule has 4 fully saturated rings. The monoisotopic (exact) mass is 839 g/mol. The first-order valence-corrected chi connectivity index (χ1v) is 22.4. The number of aryl methyl sites for hydroxylation is 1. The van der Waals surface area contributed by atoms with E-state index in [9.17, 15) is 40.2 Å². The lowest BCUT2D eigenvalue weighted by molar-refractivity contribution is -0.366. The largest absolute Gasteiger partial charge is 0.507 e. The molecule has 2 aromatic heterocycles.